The van der Waals surface area contributed by atoms with Crippen molar-refractivity contribution in [3.05, 3.63) is 100 Å². The summed E-state index contributed by atoms with van der Waals surface area (Å²) < 4.78 is 19.6. The molecule has 0 atom stereocenters. The van der Waals surface area contributed by atoms with Gasteiger partial charge in [-0.2, -0.15) is 5.26 Å². The molecule has 1 amide bonds. The molecular weight excluding hydrogens is 391 g/mol. The van der Waals surface area contributed by atoms with E-state index in [9.17, 15) is 14.4 Å². The third-order valence-corrected chi connectivity index (χ3v) is 4.22. The number of nitriles is 1. The van der Waals surface area contributed by atoms with Crippen molar-refractivity contribution in [3.63, 3.8) is 0 Å². The number of carbonyl (C=O) groups is 1. The Morgan fingerprint density at radius 3 is 2.62 bits per heavy atom. The molecule has 0 saturated carbocycles. The third kappa shape index (κ3) is 5.44. The van der Waals surface area contributed by atoms with Gasteiger partial charge in [-0.3, -0.25) is 4.79 Å². The minimum atomic E-state index is -0.706. The quantitative estimate of drug-likeness (QED) is 0.428. The Kier molecular flexibility index (Phi) is 6.62. The number of benzene rings is 3. The highest BCUT2D eigenvalue weighted by Crippen LogP contribution is 2.23. The zero-order valence-corrected chi connectivity index (χ0v) is 16.0. The van der Waals surface area contributed by atoms with Gasteiger partial charge >= 0.3 is 0 Å². The molecule has 0 radical (unpaired) electrons. The highest BCUT2D eigenvalue weighted by atomic mass is 35.5. The molecule has 4 nitrogen and oxygen atoms in total. The highest BCUT2D eigenvalue weighted by molar-refractivity contribution is 6.30. The number of para-hydroxylation sites is 2. The van der Waals surface area contributed by atoms with E-state index in [1.54, 1.807) is 42.5 Å². The van der Waals surface area contributed by atoms with Crippen LogP contribution in [0.15, 0.2) is 78.4 Å². The van der Waals surface area contributed by atoms with E-state index in [0.717, 1.165) is 5.56 Å². The van der Waals surface area contributed by atoms with Crippen LogP contribution in [0.1, 0.15) is 11.1 Å². The van der Waals surface area contributed by atoms with Gasteiger partial charge in [0.1, 0.15) is 29.8 Å². The Hall–Kier alpha value is -3.62. The second kappa shape index (κ2) is 9.54. The molecule has 144 valence electrons. The van der Waals surface area contributed by atoms with Crippen molar-refractivity contribution in [2.24, 2.45) is 0 Å². The van der Waals surface area contributed by atoms with Gasteiger partial charge in [0.2, 0.25) is 0 Å². The van der Waals surface area contributed by atoms with E-state index in [4.69, 9.17) is 16.3 Å². The van der Waals surface area contributed by atoms with Gasteiger partial charge in [0, 0.05) is 10.6 Å². The van der Waals surface area contributed by atoms with Crippen LogP contribution in [0.5, 0.6) is 5.75 Å². The molecule has 0 aliphatic heterocycles. The van der Waals surface area contributed by atoms with E-state index < -0.39 is 11.7 Å². The first-order chi connectivity index (χ1) is 14.1. The summed E-state index contributed by atoms with van der Waals surface area (Å²) in [5, 5.41) is 12.4. The molecule has 0 heterocycles. The van der Waals surface area contributed by atoms with Crippen molar-refractivity contribution in [3.8, 4) is 11.8 Å². The summed E-state index contributed by atoms with van der Waals surface area (Å²) in [5.74, 6) is -0.787. The number of anilines is 1. The minimum Gasteiger partial charge on any atom is -0.488 e. The van der Waals surface area contributed by atoms with Gasteiger partial charge < -0.3 is 10.1 Å². The Morgan fingerprint density at radius 1 is 1.10 bits per heavy atom. The fourth-order valence-electron chi connectivity index (χ4n) is 2.58. The number of hydrogen-bond acceptors (Lipinski definition) is 3. The zero-order valence-electron chi connectivity index (χ0n) is 15.2. The van der Waals surface area contributed by atoms with Gasteiger partial charge in [-0.25, -0.2) is 4.39 Å². The lowest BCUT2D eigenvalue weighted by molar-refractivity contribution is -0.112. The zero-order chi connectivity index (χ0) is 20.6. The molecule has 0 bridgehead atoms. The van der Waals surface area contributed by atoms with Gasteiger partial charge in [-0.15, -0.1) is 0 Å². The number of ether oxygens (including phenoxy) is 1. The maximum Gasteiger partial charge on any atom is 0.266 e. The van der Waals surface area contributed by atoms with Gasteiger partial charge in [-0.1, -0.05) is 54.1 Å². The van der Waals surface area contributed by atoms with Crippen molar-refractivity contribution in [2.45, 2.75) is 6.61 Å². The highest BCUT2D eigenvalue weighted by Gasteiger charge is 2.13. The maximum absolute atomic E-state index is 13.8. The van der Waals surface area contributed by atoms with E-state index in [2.05, 4.69) is 5.32 Å². The molecule has 6 heteroatoms. The lowest BCUT2D eigenvalue weighted by atomic mass is 10.1. The monoisotopic (exact) mass is 406 g/mol. The smallest absolute Gasteiger partial charge is 0.266 e. The second-order valence-electron chi connectivity index (χ2n) is 6.06. The van der Waals surface area contributed by atoms with Crippen LogP contribution in [-0.2, 0) is 11.4 Å². The summed E-state index contributed by atoms with van der Waals surface area (Å²) in [7, 11) is 0. The number of halogens is 2. The SMILES string of the molecule is N#C/C(=C\c1ccccc1OCc1cccc(Cl)c1)C(=O)Nc1ccccc1F. The van der Waals surface area contributed by atoms with Gasteiger partial charge in [-0.05, 0) is 42.0 Å². The van der Waals surface area contributed by atoms with E-state index in [1.807, 2.05) is 18.2 Å². The van der Waals surface area contributed by atoms with Crippen molar-refractivity contribution < 1.29 is 13.9 Å². The molecule has 29 heavy (non-hydrogen) atoms. The van der Waals surface area contributed by atoms with Crippen LogP contribution in [0.2, 0.25) is 5.02 Å². The minimum absolute atomic E-state index is 0.00383. The number of amides is 1. The van der Waals surface area contributed by atoms with Crippen molar-refractivity contribution in [2.75, 3.05) is 5.32 Å². The van der Waals surface area contributed by atoms with Crippen LogP contribution in [0.3, 0.4) is 0 Å². The molecule has 0 aliphatic rings. The molecule has 0 saturated heterocycles. The summed E-state index contributed by atoms with van der Waals surface area (Å²) in [6.45, 7) is 0.273. The van der Waals surface area contributed by atoms with Gasteiger partial charge in [0.15, 0.2) is 0 Å². The maximum atomic E-state index is 13.8. The predicted octanol–water partition coefficient (Wildman–Crippen LogP) is 5.60. The van der Waals surface area contributed by atoms with Crippen molar-refractivity contribution in [1.82, 2.24) is 0 Å². The second-order valence-corrected chi connectivity index (χ2v) is 6.50. The molecule has 0 unspecified atom stereocenters. The van der Waals surface area contributed by atoms with Crippen LogP contribution >= 0.6 is 11.6 Å². The fourth-order valence-corrected chi connectivity index (χ4v) is 2.79. The normalized spacial score (nSPS) is 10.9. The van der Waals surface area contributed by atoms with E-state index in [-0.39, 0.29) is 17.9 Å². The molecule has 0 fully saturated rings. The third-order valence-electron chi connectivity index (χ3n) is 3.99. The van der Waals surface area contributed by atoms with Crippen molar-refractivity contribution in [1.29, 1.82) is 5.26 Å². The fraction of sp³-hybridized carbons (Fsp3) is 0.0435. The predicted molar refractivity (Wildman–Crippen MR) is 111 cm³/mol. The summed E-state index contributed by atoms with van der Waals surface area (Å²) in [6.07, 6.45) is 1.41. The first-order valence-corrected chi connectivity index (χ1v) is 9.08. The summed E-state index contributed by atoms with van der Waals surface area (Å²) in [6, 6.07) is 21.9. The standard InChI is InChI=1S/C23H16ClFN2O2/c24-19-8-5-6-16(12-19)15-29-22-11-4-1-7-17(22)13-18(14-26)23(28)27-21-10-3-2-9-20(21)25/h1-13H,15H2,(H,27,28)/b18-13+. The van der Waals surface area contributed by atoms with Gasteiger partial charge in [0.25, 0.3) is 5.91 Å². The first-order valence-electron chi connectivity index (χ1n) is 8.71. The van der Waals surface area contributed by atoms with E-state index in [0.29, 0.717) is 16.3 Å². The molecular formula is C23H16ClFN2O2. The summed E-state index contributed by atoms with van der Waals surface area (Å²) in [5.41, 5.74) is 1.26. The molecule has 0 aromatic heterocycles. The molecule has 1 N–H and O–H groups in total. The summed E-state index contributed by atoms with van der Waals surface area (Å²) in [4.78, 5) is 12.4. The number of rotatable bonds is 6. The topological polar surface area (TPSA) is 62.1 Å². The molecule has 3 aromatic rings. The van der Waals surface area contributed by atoms with Crippen molar-refractivity contribution >= 4 is 29.3 Å². The van der Waals surface area contributed by atoms with Crippen LogP contribution < -0.4 is 10.1 Å². The van der Waals surface area contributed by atoms with Crippen LogP contribution in [0.4, 0.5) is 10.1 Å². The first kappa shape index (κ1) is 20.1. The Labute approximate surface area is 172 Å². The van der Waals surface area contributed by atoms with Crippen LogP contribution in [0.25, 0.3) is 6.08 Å². The average Bonchev–Trinajstić information content (AvgIpc) is 2.73. The largest absolute Gasteiger partial charge is 0.488 e. The van der Waals surface area contributed by atoms with Gasteiger partial charge in [0.05, 0.1) is 5.69 Å². The Bertz CT molecular complexity index is 1110. The number of hydrogen-bond donors (Lipinski definition) is 1. The molecule has 0 aliphatic carbocycles. The van der Waals surface area contributed by atoms with Crippen LogP contribution in [0, 0.1) is 17.1 Å². The lowest BCUT2D eigenvalue weighted by Crippen LogP contribution is -2.14. The lowest BCUT2D eigenvalue weighted by Gasteiger charge is -2.10. The number of nitrogens with one attached hydrogen (secondary N) is 1. The number of nitrogens with zero attached hydrogens (tertiary/aromatic N) is 1. The Balaban J connectivity index is 1.80. The summed E-state index contributed by atoms with van der Waals surface area (Å²) >= 11 is 5.99. The number of carbonyl (C=O) groups excluding carboxylic acids is 1. The molecule has 3 rings (SSSR count). The molecule has 0 spiro atoms. The molecule has 3 aromatic carbocycles. The Morgan fingerprint density at radius 2 is 1.86 bits per heavy atom. The average molecular weight is 407 g/mol. The van der Waals surface area contributed by atoms with Crippen LogP contribution in [-0.4, -0.2) is 5.91 Å². The van der Waals surface area contributed by atoms with E-state index >= 15 is 0 Å². The van der Waals surface area contributed by atoms with E-state index in [1.165, 1.54) is 24.3 Å².